The molecule has 0 aliphatic rings. The molecule has 19 heavy (non-hydrogen) atoms. The summed E-state index contributed by atoms with van der Waals surface area (Å²) in [5.41, 5.74) is 1.87. The van der Waals surface area contributed by atoms with Crippen LogP contribution < -0.4 is 4.57 Å². The first-order valence-electron chi connectivity index (χ1n) is 6.20. The summed E-state index contributed by atoms with van der Waals surface area (Å²) in [6.45, 7) is 0. The van der Waals surface area contributed by atoms with Gasteiger partial charge in [-0.1, -0.05) is 42.5 Å². The van der Waals surface area contributed by atoms with Gasteiger partial charge >= 0.3 is 0 Å². The number of hydrogen-bond acceptors (Lipinski definition) is 1. The van der Waals surface area contributed by atoms with Crippen LogP contribution in [0.15, 0.2) is 72.9 Å². The van der Waals surface area contributed by atoms with Gasteiger partial charge in [-0.3, -0.25) is 0 Å². The highest BCUT2D eigenvalue weighted by molar-refractivity contribution is 5.76. The third-order valence-electron chi connectivity index (χ3n) is 3.07. The first-order valence-corrected chi connectivity index (χ1v) is 6.20. The van der Waals surface area contributed by atoms with Gasteiger partial charge in [0.2, 0.25) is 11.7 Å². The van der Waals surface area contributed by atoms with Crippen LogP contribution in [0.25, 0.3) is 22.9 Å². The summed E-state index contributed by atoms with van der Waals surface area (Å²) in [7, 11) is 0. The Labute approximate surface area is 111 Å². The van der Waals surface area contributed by atoms with E-state index in [1.807, 2.05) is 65.4 Å². The van der Waals surface area contributed by atoms with Crippen molar-refractivity contribution in [3.63, 3.8) is 0 Å². The van der Waals surface area contributed by atoms with Gasteiger partial charge in [-0.2, -0.15) is 4.57 Å². The molecule has 2 heteroatoms. The zero-order chi connectivity index (χ0) is 13.1. The average molecular weight is 248 g/mol. The normalized spacial score (nSPS) is 11.7. The van der Waals surface area contributed by atoms with E-state index >= 15 is 0 Å². The van der Waals surface area contributed by atoms with Crippen molar-refractivity contribution in [2.75, 3.05) is 0 Å². The maximum atomic E-state index is 10.2. The SMILES string of the molecule is O/C(=C\[n+]1cccc2ccccc21)c1ccccc1. The van der Waals surface area contributed by atoms with E-state index in [0.717, 1.165) is 16.5 Å². The molecule has 0 bridgehead atoms. The Bertz CT molecular complexity index is 727. The van der Waals surface area contributed by atoms with Crippen LogP contribution in [0.4, 0.5) is 0 Å². The van der Waals surface area contributed by atoms with E-state index in [1.54, 1.807) is 6.20 Å². The summed E-state index contributed by atoms with van der Waals surface area (Å²) in [5, 5.41) is 11.3. The van der Waals surface area contributed by atoms with Crippen molar-refractivity contribution < 1.29 is 9.67 Å². The number of aromatic nitrogens is 1. The number of hydrogen-bond donors (Lipinski definition) is 1. The molecule has 92 valence electrons. The molecule has 1 aromatic heterocycles. The zero-order valence-electron chi connectivity index (χ0n) is 10.4. The minimum atomic E-state index is 0.252. The highest BCUT2D eigenvalue weighted by Gasteiger charge is 2.07. The second-order valence-corrected chi connectivity index (χ2v) is 4.35. The largest absolute Gasteiger partial charge is 0.502 e. The summed E-state index contributed by atoms with van der Waals surface area (Å²) in [5.74, 6) is 0.252. The van der Waals surface area contributed by atoms with Crippen molar-refractivity contribution in [3.05, 3.63) is 78.5 Å². The fourth-order valence-corrected chi connectivity index (χ4v) is 2.11. The van der Waals surface area contributed by atoms with Crippen LogP contribution in [-0.2, 0) is 0 Å². The zero-order valence-corrected chi connectivity index (χ0v) is 10.4. The van der Waals surface area contributed by atoms with Crippen LogP contribution in [0, 0.1) is 0 Å². The van der Waals surface area contributed by atoms with Gasteiger partial charge in [0.15, 0.2) is 12.0 Å². The predicted octanol–water partition coefficient (Wildman–Crippen LogP) is 3.64. The molecule has 1 N–H and O–H groups in total. The maximum Gasteiger partial charge on any atom is 0.217 e. The molecule has 0 radical (unpaired) electrons. The second kappa shape index (κ2) is 4.94. The smallest absolute Gasteiger partial charge is 0.217 e. The van der Waals surface area contributed by atoms with Gasteiger partial charge in [0.05, 0.1) is 0 Å². The Kier molecular flexibility index (Phi) is 2.99. The number of aliphatic hydroxyl groups is 1. The second-order valence-electron chi connectivity index (χ2n) is 4.35. The van der Waals surface area contributed by atoms with Gasteiger partial charge in [-0.05, 0) is 12.1 Å². The van der Waals surface area contributed by atoms with Crippen molar-refractivity contribution in [2.45, 2.75) is 0 Å². The summed E-state index contributed by atoms with van der Waals surface area (Å²) in [6, 6.07) is 21.6. The van der Waals surface area contributed by atoms with Crippen LogP contribution in [0.1, 0.15) is 5.56 Å². The van der Waals surface area contributed by atoms with Crippen molar-refractivity contribution in [3.8, 4) is 0 Å². The highest BCUT2D eigenvalue weighted by atomic mass is 16.3. The molecule has 1 heterocycles. The molecule has 2 aromatic carbocycles. The monoisotopic (exact) mass is 248 g/mol. The Hall–Kier alpha value is -2.61. The first kappa shape index (κ1) is 11.5. The molecule has 0 unspecified atom stereocenters. The lowest BCUT2D eigenvalue weighted by Gasteiger charge is -1.99. The minimum Gasteiger partial charge on any atom is -0.502 e. The predicted molar refractivity (Wildman–Crippen MR) is 77.4 cm³/mol. The lowest BCUT2D eigenvalue weighted by Crippen LogP contribution is -2.26. The van der Waals surface area contributed by atoms with Gasteiger partial charge in [-0.25, -0.2) is 0 Å². The van der Waals surface area contributed by atoms with Crippen LogP contribution >= 0.6 is 0 Å². The van der Waals surface area contributed by atoms with Crippen molar-refractivity contribution >= 4 is 22.9 Å². The number of aliphatic hydroxyl groups excluding tert-OH is 1. The van der Waals surface area contributed by atoms with E-state index in [0.29, 0.717) is 0 Å². The Balaban J connectivity index is 2.11. The van der Waals surface area contributed by atoms with E-state index in [9.17, 15) is 5.11 Å². The molecule has 0 fully saturated rings. The molecule has 2 nitrogen and oxygen atoms in total. The van der Waals surface area contributed by atoms with Crippen LogP contribution in [0.5, 0.6) is 0 Å². The van der Waals surface area contributed by atoms with Crippen molar-refractivity contribution in [1.29, 1.82) is 0 Å². The molecular weight excluding hydrogens is 234 g/mol. The fourth-order valence-electron chi connectivity index (χ4n) is 2.11. The quantitative estimate of drug-likeness (QED) is 0.543. The number of pyridine rings is 1. The van der Waals surface area contributed by atoms with Crippen molar-refractivity contribution in [2.24, 2.45) is 0 Å². The minimum absolute atomic E-state index is 0.252. The number of nitrogens with zero attached hydrogens (tertiary/aromatic N) is 1. The molecule has 0 spiro atoms. The number of para-hydroxylation sites is 1. The molecular formula is C17H14NO+. The van der Waals surface area contributed by atoms with Gasteiger partial charge < -0.3 is 5.11 Å². The molecule has 0 saturated heterocycles. The van der Waals surface area contributed by atoms with Crippen LogP contribution in [-0.4, -0.2) is 5.11 Å². The van der Waals surface area contributed by atoms with Gasteiger partial charge in [0.1, 0.15) is 0 Å². The van der Waals surface area contributed by atoms with Gasteiger partial charge in [0, 0.05) is 23.1 Å². The molecule has 3 aromatic rings. The first-order chi connectivity index (χ1) is 9.34. The third kappa shape index (κ3) is 2.33. The fraction of sp³-hybridized carbons (Fsp3) is 0. The molecule has 0 saturated carbocycles. The Morgan fingerprint density at radius 2 is 1.53 bits per heavy atom. The lowest BCUT2D eigenvalue weighted by atomic mass is 10.2. The molecule has 0 aliphatic carbocycles. The lowest BCUT2D eigenvalue weighted by molar-refractivity contribution is -0.538. The van der Waals surface area contributed by atoms with Crippen LogP contribution in [0.3, 0.4) is 0 Å². The molecule has 0 aliphatic heterocycles. The third-order valence-corrected chi connectivity index (χ3v) is 3.07. The Morgan fingerprint density at radius 3 is 2.37 bits per heavy atom. The van der Waals surface area contributed by atoms with Crippen LogP contribution in [0.2, 0.25) is 0 Å². The van der Waals surface area contributed by atoms with Gasteiger partial charge in [-0.15, -0.1) is 0 Å². The van der Waals surface area contributed by atoms with Gasteiger partial charge in [0.25, 0.3) is 0 Å². The van der Waals surface area contributed by atoms with E-state index in [4.69, 9.17) is 0 Å². The Morgan fingerprint density at radius 1 is 0.842 bits per heavy atom. The van der Waals surface area contributed by atoms with Crippen molar-refractivity contribution in [1.82, 2.24) is 0 Å². The van der Waals surface area contributed by atoms with E-state index < -0.39 is 0 Å². The van der Waals surface area contributed by atoms with E-state index in [1.165, 1.54) is 0 Å². The summed E-state index contributed by atoms with van der Waals surface area (Å²) >= 11 is 0. The number of rotatable bonds is 2. The maximum absolute atomic E-state index is 10.2. The van der Waals surface area contributed by atoms with E-state index in [2.05, 4.69) is 12.1 Å². The molecule has 0 atom stereocenters. The number of benzene rings is 2. The molecule has 0 amide bonds. The highest BCUT2D eigenvalue weighted by Crippen LogP contribution is 2.12. The molecule has 3 rings (SSSR count). The average Bonchev–Trinajstić information content (AvgIpc) is 2.48. The summed E-state index contributed by atoms with van der Waals surface area (Å²) in [6.07, 6.45) is 3.67. The van der Waals surface area contributed by atoms with E-state index in [-0.39, 0.29) is 5.76 Å². The summed E-state index contributed by atoms with van der Waals surface area (Å²) < 4.78 is 1.93. The standard InChI is InChI=1S/C17H13NO/c19-17(15-8-2-1-3-9-15)13-18-12-6-10-14-7-4-5-11-16(14)18/h1-13H/p+1/b17-13-. The number of fused-ring (bicyclic) bond motifs is 1. The summed E-state index contributed by atoms with van der Waals surface area (Å²) in [4.78, 5) is 0. The topological polar surface area (TPSA) is 24.1 Å².